The lowest BCUT2D eigenvalue weighted by Gasteiger charge is -2.21. The van der Waals surface area contributed by atoms with Crippen LogP contribution in [0.15, 0.2) is 0 Å². The molecule has 1 heterocycles. The molecular formula is C9H18N2O2. The summed E-state index contributed by atoms with van der Waals surface area (Å²) < 4.78 is 0. The topological polar surface area (TPSA) is 43.8 Å². The van der Waals surface area contributed by atoms with Crippen LogP contribution in [0.4, 0.5) is 4.79 Å². The number of aliphatic hydroxyl groups excluding tert-OH is 1. The van der Waals surface area contributed by atoms with Crippen LogP contribution in [0.25, 0.3) is 0 Å². The summed E-state index contributed by atoms with van der Waals surface area (Å²) in [6.45, 7) is 5.87. The minimum atomic E-state index is -0.407. The lowest BCUT2D eigenvalue weighted by atomic mass is 10.1. The molecule has 0 aromatic heterocycles. The Hall–Kier alpha value is -0.770. The minimum Gasteiger partial charge on any atom is -0.391 e. The van der Waals surface area contributed by atoms with E-state index in [2.05, 4.69) is 0 Å². The number of hydrogen-bond donors (Lipinski definition) is 1. The summed E-state index contributed by atoms with van der Waals surface area (Å²) in [5, 5.41) is 9.58. The molecule has 0 aliphatic carbocycles. The van der Waals surface area contributed by atoms with Gasteiger partial charge in [0.1, 0.15) is 0 Å². The Morgan fingerprint density at radius 1 is 1.46 bits per heavy atom. The van der Waals surface area contributed by atoms with Crippen LogP contribution in [0, 0.1) is 5.92 Å². The van der Waals surface area contributed by atoms with Crippen molar-refractivity contribution in [3.8, 4) is 0 Å². The van der Waals surface area contributed by atoms with Crippen molar-refractivity contribution in [1.29, 1.82) is 0 Å². The van der Waals surface area contributed by atoms with Crippen molar-refractivity contribution in [2.24, 2.45) is 5.92 Å². The van der Waals surface area contributed by atoms with Gasteiger partial charge in [0, 0.05) is 26.7 Å². The van der Waals surface area contributed by atoms with Gasteiger partial charge in [-0.25, -0.2) is 4.79 Å². The summed E-state index contributed by atoms with van der Waals surface area (Å²) in [7, 11) is 1.78. The molecular weight excluding hydrogens is 168 g/mol. The van der Waals surface area contributed by atoms with Gasteiger partial charge in [-0.2, -0.15) is 0 Å². The van der Waals surface area contributed by atoms with Gasteiger partial charge in [-0.05, 0) is 5.92 Å². The third-order valence-corrected chi connectivity index (χ3v) is 2.48. The van der Waals surface area contributed by atoms with Crippen LogP contribution in [0.3, 0.4) is 0 Å². The SMILES string of the molecule is CC(C)C(O)CN1CCN(C)C1=O. The van der Waals surface area contributed by atoms with Gasteiger partial charge >= 0.3 is 6.03 Å². The first kappa shape index (κ1) is 10.3. The van der Waals surface area contributed by atoms with E-state index in [1.165, 1.54) is 0 Å². The summed E-state index contributed by atoms with van der Waals surface area (Å²) in [5.74, 6) is 0.207. The summed E-state index contributed by atoms with van der Waals surface area (Å²) in [5.41, 5.74) is 0. The molecule has 0 aromatic rings. The lowest BCUT2D eigenvalue weighted by Crippen LogP contribution is -2.37. The van der Waals surface area contributed by atoms with Gasteiger partial charge in [-0.3, -0.25) is 0 Å². The van der Waals surface area contributed by atoms with Crippen LogP contribution in [-0.2, 0) is 0 Å². The van der Waals surface area contributed by atoms with E-state index in [0.717, 1.165) is 13.1 Å². The molecule has 13 heavy (non-hydrogen) atoms. The van der Waals surface area contributed by atoms with E-state index in [1.807, 2.05) is 13.8 Å². The molecule has 76 valence electrons. The van der Waals surface area contributed by atoms with E-state index in [-0.39, 0.29) is 11.9 Å². The number of likely N-dealkylation sites (N-methyl/N-ethyl adjacent to an activating group) is 1. The molecule has 1 unspecified atom stereocenters. The Bertz CT molecular complexity index is 194. The normalized spacial score (nSPS) is 20.2. The zero-order valence-corrected chi connectivity index (χ0v) is 8.53. The van der Waals surface area contributed by atoms with E-state index < -0.39 is 6.10 Å². The second kappa shape index (κ2) is 3.96. The molecule has 0 bridgehead atoms. The molecule has 4 heteroatoms. The van der Waals surface area contributed by atoms with Gasteiger partial charge in [-0.15, -0.1) is 0 Å². The molecule has 1 N–H and O–H groups in total. The van der Waals surface area contributed by atoms with Crippen LogP contribution in [0.5, 0.6) is 0 Å². The Morgan fingerprint density at radius 2 is 2.08 bits per heavy atom. The number of aliphatic hydroxyl groups is 1. The van der Waals surface area contributed by atoms with Crippen molar-refractivity contribution < 1.29 is 9.90 Å². The Morgan fingerprint density at radius 3 is 2.46 bits per heavy atom. The largest absolute Gasteiger partial charge is 0.391 e. The average molecular weight is 186 g/mol. The highest BCUT2D eigenvalue weighted by atomic mass is 16.3. The van der Waals surface area contributed by atoms with Crippen molar-refractivity contribution >= 4 is 6.03 Å². The van der Waals surface area contributed by atoms with Crippen LogP contribution >= 0.6 is 0 Å². The van der Waals surface area contributed by atoms with Crippen molar-refractivity contribution in [2.45, 2.75) is 20.0 Å². The molecule has 2 amide bonds. The molecule has 0 aromatic carbocycles. The van der Waals surface area contributed by atoms with Crippen LogP contribution in [-0.4, -0.2) is 53.7 Å². The number of hydrogen-bond acceptors (Lipinski definition) is 2. The maximum absolute atomic E-state index is 11.4. The zero-order chi connectivity index (χ0) is 10.0. The van der Waals surface area contributed by atoms with E-state index in [4.69, 9.17) is 0 Å². The highest BCUT2D eigenvalue weighted by molar-refractivity contribution is 5.76. The Kier molecular flexibility index (Phi) is 3.14. The summed E-state index contributed by atoms with van der Waals surface area (Å²) in [6.07, 6.45) is -0.407. The third kappa shape index (κ3) is 2.34. The second-order valence-electron chi connectivity index (χ2n) is 3.96. The molecule has 4 nitrogen and oxygen atoms in total. The number of β-amino-alcohol motifs (C(OH)–C–C–N with tert-alkyl or cyclic N) is 1. The standard InChI is InChI=1S/C9H18N2O2/c1-7(2)8(12)6-11-5-4-10(3)9(11)13/h7-8,12H,4-6H2,1-3H3. The first-order valence-corrected chi connectivity index (χ1v) is 4.70. The third-order valence-electron chi connectivity index (χ3n) is 2.48. The van der Waals surface area contributed by atoms with Crippen LogP contribution in [0.2, 0.25) is 0 Å². The molecule has 1 aliphatic rings. The number of carbonyl (C=O) groups is 1. The molecule has 1 atom stereocenters. The number of nitrogens with zero attached hydrogens (tertiary/aromatic N) is 2. The van der Waals surface area contributed by atoms with Gasteiger partial charge in [0.05, 0.1) is 6.10 Å². The van der Waals surface area contributed by atoms with Crippen LogP contribution in [0.1, 0.15) is 13.8 Å². The first-order chi connectivity index (χ1) is 6.02. The molecule has 1 rings (SSSR count). The highest BCUT2D eigenvalue weighted by Crippen LogP contribution is 2.10. The van der Waals surface area contributed by atoms with Gasteiger partial charge < -0.3 is 14.9 Å². The van der Waals surface area contributed by atoms with Crippen molar-refractivity contribution in [2.75, 3.05) is 26.7 Å². The van der Waals surface area contributed by atoms with E-state index in [0.29, 0.717) is 6.54 Å². The summed E-state index contributed by atoms with van der Waals surface area (Å²) in [6, 6.07) is 0.0275. The van der Waals surface area contributed by atoms with E-state index in [9.17, 15) is 9.90 Å². The summed E-state index contributed by atoms with van der Waals surface area (Å²) >= 11 is 0. The molecule has 0 saturated carbocycles. The average Bonchev–Trinajstić information content (AvgIpc) is 2.36. The highest BCUT2D eigenvalue weighted by Gasteiger charge is 2.27. The maximum Gasteiger partial charge on any atom is 0.319 e. The quantitative estimate of drug-likeness (QED) is 0.692. The van der Waals surface area contributed by atoms with Crippen molar-refractivity contribution in [3.63, 3.8) is 0 Å². The Balaban J connectivity index is 2.42. The fraction of sp³-hybridized carbons (Fsp3) is 0.889. The number of urea groups is 1. The number of carbonyl (C=O) groups excluding carboxylic acids is 1. The molecule has 0 radical (unpaired) electrons. The number of rotatable bonds is 3. The van der Waals surface area contributed by atoms with Crippen molar-refractivity contribution in [1.82, 2.24) is 9.80 Å². The molecule has 1 fully saturated rings. The van der Waals surface area contributed by atoms with Gasteiger partial charge in [0.25, 0.3) is 0 Å². The van der Waals surface area contributed by atoms with Gasteiger partial charge in [-0.1, -0.05) is 13.8 Å². The van der Waals surface area contributed by atoms with E-state index >= 15 is 0 Å². The molecule has 0 spiro atoms. The van der Waals surface area contributed by atoms with E-state index in [1.54, 1.807) is 16.8 Å². The lowest BCUT2D eigenvalue weighted by molar-refractivity contribution is 0.0918. The van der Waals surface area contributed by atoms with Gasteiger partial charge in [0.15, 0.2) is 0 Å². The predicted octanol–water partition coefficient (Wildman–Crippen LogP) is 0.371. The smallest absolute Gasteiger partial charge is 0.319 e. The minimum absolute atomic E-state index is 0.0275. The fourth-order valence-corrected chi connectivity index (χ4v) is 1.31. The Labute approximate surface area is 79.1 Å². The predicted molar refractivity (Wildman–Crippen MR) is 50.4 cm³/mol. The van der Waals surface area contributed by atoms with Crippen molar-refractivity contribution in [3.05, 3.63) is 0 Å². The summed E-state index contributed by atoms with van der Waals surface area (Å²) in [4.78, 5) is 14.8. The maximum atomic E-state index is 11.4. The molecule has 1 aliphatic heterocycles. The van der Waals surface area contributed by atoms with Crippen LogP contribution < -0.4 is 0 Å². The fourth-order valence-electron chi connectivity index (χ4n) is 1.31. The monoisotopic (exact) mass is 186 g/mol. The molecule has 1 saturated heterocycles. The first-order valence-electron chi connectivity index (χ1n) is 4.70. The number of amides is 2. The zero-order valence-electron chi connectivity index (χ0n) is 8.53. The van der Waals surface area contributed by atoms with Gasteiger partial charge in [0.2, 0.25) is 0 Å². The second-order valence-corrected chi connectivity index (χ2v) is 3.96.